The molecule has 0 radical (unpaired) electrons. The van der Waals surface area contributed by atoms with Crippen molar-refractivity contribution >= 4 is 10.1 Å². The van der Waals surface area contributed by atoms with E-state index in [-0.39, 0.29) is 0 Å². The zero-order valence-corrected chi connectivity index (χ0v) is 5.29. The largest absolute Gasteiger partial charge is 0.748 e. The van der Waals surface area contributed by atoms with Gasteiger partial charge in [0.2, 0.25) is 0 Å². The fraction of sp³-hybridized carbons (Fsp3) is 0.333. The first-order chi connectivity index (χ1) is 4.33. The van der Waals surface area contributed by atoms with Crippen LogP contribution >= 0.6 is 0 Å². The van der Waals surface area contributed by atoms with Crippen LogP contribution in [0.4, 0.5) is 13.2 Å². The third-order valence-electron chi connectivity index (χ3n) is 0.509. The van der Waals surface area contributed by atoms with Crippen molar-refractivity contribution in [2.75, 3.05) is 5.75 Å². The molecule has 0 aromatic rings. The minimum absolute atomic E-state index is 1.78. The molecular formula is C3H2F3O3S-. The van der Waals surface area contributed by atoms with Crippen molar-refractivity contribution in [1.82, 2.24) is 0 Å². The lowest BCUT2D eigenvalue weighted by Crippen LogP contribution is -2.04. The van der Waals surface area contributed by atoms with E-state index in [9.17, 15) is 26.1 Å². The van der Waals surface area contributed by atoms with E-state index in [4.69, 9.17) is 0 Å². The molecule has 0 unspecified atom stereocenters. The predicted octanol–water partition coefficient (Wildman–Crippen LogP) is 0.609. The quantitative estimate of drug-likeness (QED) is 0.577. The fourth-order valence-corrected chi connectivity index (χ4v) is 0.629. The standard InChI is InChI=1S/C3H3F3O3S/c4-2(3(5)6)1-10(7,8)9/h1H2,(H,7,8,9)/p-1. The Kier molecular flexibility index (Phi) is 2.85. The highest BCUT2D eigenvalue weighted by molar-refractivity contribution is 7.85. The molecule has 0 aromatic carbocycles. The molecule has 0 aliphatic heterocycles. The summed E-state index contributed by atoms with van der Waals surface area (Å²) in [5.41, 5.74) is 0. The molecule has 0 saturated carbocycles. The van der Waals surface area contributed by atoms with Gasteiger partial charge in [0.25, 0.3) is 0 Å². The Balaban J connectivity index is 4.35. The molecule has 0 aliphatic carbocycles. The van der Waals surface area contributed by atoms with E-state index in [1.54, 1.807) is 0 Å². The smallest absolute Gasteiger partial charge is 0.302 e. The van der Waals surface area contributed by atoms with E-state index in [0.717, 1.165) is 0 Å². The highest BCUT2D eigenvalue weighted by Gasteiger charge is 2.08. The first-order valence-corrected chi connectivity index (χ1v) is 3.54. The Morgan fingerprint density at radius 3 is 1.80 bits per heavy atom. The summed E-state index contributed by atoms with van der Waals surface area (Å²) in [5, 5.41) is 0. The Hall–Kier alpha value is -0.560. The lowest BCUT2D eigenvalue weighted by atomic mass is 10.7. The van der Waals surface area contributed by atoms with Crippen LogP contribution in [0.3, 0.4) is 0 Å². The Bertz CT molecular complexity index is 238. The number of hydrogen-bond acceptors (Lipinski definition) is 3. The van der Waals surface area contributed by atoms with Crippen LogP contribution in [0, 0.1) is 0 Å². The SMILES string of the molecule is O=S(=O)([O-])CC(F)=C(F)F. The summed E-state index contributed by atoms with van der Waals surface area (Å²) in [6, 6.07) is 0. The molecule has 0 aromatic heterocycles. The lowest BCUT2D eigenvalue weighted by Gasteiger charge is -2.02. The lowest BCUT2D eigenvalue weighted by molar-refractivity contribution is 0.377. The van der Waals surface area contributed by atoms with Gasteiger partial charge in [-0.1, -0.05) is 0 Å². The summed E-state index contributed by atoms with van der Waals surface area (Å²) in [4.78, 5) is 0. The summed E-state index contributed by atoms with van der Waals surface area (Å²) < 4.78 is 62.4. The van der Waals surface area contributed by atoms with Crippen LogP contribution in [0.5, 0.6) is 0 Å². The molecule has 0 amide bonds. The van der Waals surface area contributed by atoms with Crippen LogP contribution < -0.4 is 0 Å². The Labute approximate surface area is 54.9 Å². The Morgan fingerprint density at radius 2 is 1.70 bits per heavy atom. The van der Waals surface area contributed by atoms with Crippen molar-refractivity contribution in [3.8, 4) is 0 Å². The molecule has 0 rings (SSSR count). The van der Waals surface area contributed by atoms with Crippen molar-refractivity contribution in [2.45, 2.75) is 0 Å². The highest BCUT2D eigenvalue weighted by atomic mass is 32.2. The molecule has 0 saturated heterocycles. The summed E-state index contributed by atoms with van der Waals surface area (Å²) in [7, 11) is -4.93. The molecule has 10 heavy (non-hydrogen) atoms. The van der Waals surface area contributed by atoms with E-state index in [1.165, 1.54) is 0 Å². The van der Waals surface area contributed by atoms with Gasteiger partial charge in [0.1, 0.15) is 10.1 Å². The molecule has 0 fully saturated rings. The normalized spacial score (nSPS) is 11.2. The van der Waals surface area contributed by atoms with E-state index >= 15 is 0 Å². The van der Waals surface area contributed by atoms with E-state index in [2.05, 4.69) is 0 Å². The van der Waals surface area contributed by atoms with E-state index in [1.807, 2.05) is 0 Å². The summed E-state index contributed by atoms with van der Waals surface area (Å²) in [6.07, 6.45) is -2.78. The first-order valence-electron chi connectivity index (χ1n) is 1.96. The third-order valence-corrected chi connectivity index (χ3v) is 1.12. The third kappa shape index (κ3) is 4.33. The van der Waals surface area contributed by atoms with Crippen LogP contribution in [-0.4, -0.2) is 18.7 Å². The second-order valence-electron chi connectivity index (χ2n) is 1.37. The average Bonchev–Trinajstić information content (AvgIpc) is 1.60. The molecule has 0 atom stereocenters. The van der Waals surface area contributed by atoms with Crippen molar-refractivity contribution in [2.24, 2.45) is 0 Å². The molecule has 0 aliphatic rings. The van der Waals surface area contributed by atoms with Crippen molar-refractivity contribution in [3.05, 3.63) is 11.9 Å². The van der Waals surface area contributed by atoms with Crippen molar-refractivity contribution < 1.29 is 26.1 Å². The average molecular weight is 175 g/mol. The van der Waals surface area contributed by atoms with Gasteiger partial charge in [0.05, 0.1) is 5.75 Å². The van der Waals surface area contributed by atoms with E-state index in [0.29, 0.717) is 0 Å². The molecule has 0 bridgehead atoms. The zero-order chi connectivity index (χ0) is 8.36. The van der Waals surface area contributed by atoms with Crippen LogP contribution in [0.1, 0.15) is 0 Å². The second kappa shape index (κ2) is 3.02. The molecule has 7 heteroatoms. The van der Waals surface area contributed by atoms with E-state index < -0.39 is 27.8 Å². The molecule has 60 valence electrons. The highest BCUT2D eigenvalue weighted by Crippen LogP contribution is 2.10. The first kappa shape index (κ1) is 9.44. The van der Waals surface area contributed by atoms with Gasteiger partial charge in [0.15, 0.2) is 5.83 Å². The van der Waals surface area contributed by atoms with Gasteiger partial charge in [-0.15, -0.1) is 0 Å². The minimum atomic E-state index is -4.93. The van der Waals surface area contributed by atoms with Gasteiger partial charge >= 0.3 is 6.08 Å². The molecule has 0 heterocycles. The van der Waals surface area contributed by atoms with Gasteiger partial charge in [-0.2, -0.15) is 8.78 Å². The number of hydrogen-bond donors (Lipinski definition) is 0. The topological polar surface area (TPSA) is 57.2 Å². The monoisotopic (exact) mass is 175 g/mol. The summed E-state index contributed by atoms with van der Waals surface area (Å²) in [5.74, 6) is -3.98. The van der Waals surface area contributed by atoms with Crippen LogP contribution in [0.15, 0.2) is 11.9 Å². The maximum Gasteiger partial charge on any atom is 0.302 e. The van der Waals surface area contributed by atoms with Crippen molar-refractivity contribution in [1.29, 1.82) is 0 Å². The molecule has 0 N–H and O–H groups in total. The van der Waals surface area contributed by atoms with Crippen LogP contribution in [0.25, 0.3) is 0 Å². The summed E-state index contributed by atoms with van der Waals surface area (Å²) >= 11 is 0. The van der Waals surface area contributed by atoms with Crippen LogP contribution in [-0.2, 0) is 10.1 Å². The maximum atomic E-state index is 11.6. The van der Waals surface area contributed by atoms with Gasteiger partial charge < -0.3 is 4.55 Å². The van der Waals surface area contributed by atoms with Gasteiger partial charge in [-0.25, -0.2) is 12.8 Å². The number of halogens is 3. The fourth-order valence-electron chi connectivity index (χ4n) is 0.210. The molecule has 0 spiro atoms. The second-order valence-corrected chi connectivity index (χ2v) is 2.77. The maximum absolute atomic E-state index is 11.6. The Morgan fingerprint density at radius 1 is 1.30 bits per heavy atom. The predicted molar refractivity (Wildman–Crippen MR) is 24.9 cm³/mol. The summed E-state index contributed by atoms with van der Waals surface area (Å²) in [6.45, 7) is 0. The van der Waals surface area contributed by atoms with Gasteiger partial charge in [0, 0.05) is 0 Å². The minimum Gasteiger partial charge on any atom is -0.748 e. The molecular weight excluding hydrogens is 173 g/mol. The van der Waals surface area contributed by atoms with Gasteiger partial charge in [-0.3, -0.25) is 0 Å². The molecule has 3 nitrogen and oxygen atoms in total. The van der Waals surface area contributed by atoms with Crippen molar-refractivity contribution in [3.63, 3.8) is 0 Å². The number of rotatable bonds is 2. The van der Waals surface area contributed by atoms with Crippen LogP contribution in [0.2, 0.25) is 0 Å². The van der Waals surface area contributed by atoms with Gasteiger partial charge in [-0.05, 0) is 0 Å². The zero-order valence-electron chi connectivity index (χ0n) is 4.47.